The average Bonchev–Trinajstić information content (AvgIpc) is 3.96. The van der Waals surface area contributed by atoms with Gasteiger partial charge < -0.3 is 24.4 Å². The molecule has 8 rings (SSSR count). The molecule has 2 amide bonds. The van der Waals surface area contributed by atoms with Crippen molar-refractivity contribution >= 4 is 46.1 Å². The van der Waals surface area contributed by atoms with Crippen LogP contribution in [-0.4, -0.2) is 72.0 Å². The number of alkyl halides is 3. The lowest BCUT2D eigenvalue weighted by Crippen LogP contribution is -2.51. The molecule has 296 valence electrons. The van der Waals surface area contributed by atoms with Gasteiger partial charge in [-0.05, 0) is 73.8 Å². The van der Waals surface area contributed by atoms with Gasteiger partial charge in [0.15, 0.2) is 17.3 Å². The lowest BCUT2D eigenvalue weighted by Gasteiger charge is -2.36. The first-order chi connectivity index (χ1) is 27.4. The van der Waals surface area contributed by atoms with Crippen LogP contribution in [0.3, 0.4) is 0 Å². The maximum atomic E-state index is 14.5. The second-order valence-electron chi connectivity index (χ2n) is 14.5. The summed E-state index contributed by atoms with van der Waals surface area (Å²) in [5.41, 5.74) is 2.08. The number of halogens is 4. The van der Waals surface area contributed by atoms with Crippen LogP contribution >= 0.6 is 11.6 Å². The van der Waals surface area contributed by atoms with Crippen LogP contribution < -0.4 is 20.5 Å². The summed E-state index contributed by atoms with van der Waals surface area (Å²) in [5, 5.41) is 7.06. The summed E-state index contributed by atoms with van der Waals surface area (Å²) < 4.78 is 48.8. The number of benzene rings is 2. The topological polar surface area (TPSA) is 140 Å². The van der Waals surface area contributed by atoms with Crippen molar-refractivity contribution < 1.29 is 27.5 Å². The summed E-state index contributed by atoms with van der Waals surface area (Å²) in [5.74, 6) is 0.716. The van der Waals surface area contributed by atoms with E-state index in [-0.39, 0.29) is 67.4 Å². The highest BCUT2D eigenvalue weighted by atomic mass is 35.5. The molecule has 2 aromatic carbocycles. The van der Waals surface area contributed by atoms with Gasteiger partial charge in [-0.3, -0.25) is 14.4 Å². The third-order valence-electron chi connectivity index (χ3n) is 10.9. The van der Waals surface area contributed by atoms with Crippen LogP contribution in [0.5, 0.6) is 5.75 Å². The van der Waals surface area contributed by atoms with Gasteiger partial charge >= 0.3 is 6.18 Å². The molecule has 2 unspecified atom stereocenters. The molecule has 13 nitrogen and oxygen atoms in total. The number of ether oxygens (including phenoxy) is 1. The van der Waals surface area contributed by atoms with Crippen LogP contribution in [0.25, 0.3) is 11.4 Å². The van der Waals surface area contributed by atoms with Crippen LogP contribution in [0.15, 0.2) is 65.7 Å². The molecule has 1 saturated heterocycles. The molecule has 4 heterocycles. The number of aryl methyl sites for hydroxylation is 1. The molecule has 5 aromatic rings. The average molecular weight is 802 g/mol. The van der Waals surface area contributed by atoms with E-state index in [1.54, 1.807) is 16.4 Å². The highest BCUT2D eigenvalue weighted by Crippen LogP contribution is 2.47. The molecule has 3 aromatic heterocycles. The van der Waals surface area contributed by atoms with E-state index in [1.807, 2.05) is 42.2 Å². The smallest absolute Gasteiger partial charge is 0.416 e. The predicted octanol–water partition coefficient (Wildman–Crippen LogP) is 6.22. The Balaban J connectivity index is 1.09. The Bertz CT molecular complexity index is 2460. The van der Waals surface area contributed by atoms with Crippen LogP contribution in [0, 0.1) is 18.8 Å². The number of nitrogens with one attached hydrogen (secondary N) is 1. The predicted molar refractivity (Wildman–Crippen MR) is 206 cm³/mol. The maximum Gasteiger partial charge on any atom is 0.416 e. The first kappa shape index (κ1) is 38.1. The van der Waals surface area contributed by atoms with E-state index in [0.717, 1.165) is 48.6 Å². The first-order valence-corrected chi connectivity index (χ1v) is 19.2. The molecular formula is C40H39ClF3N9O4. The number of piperazine rings is 1. The van der Waals surface area contributed by atoms with E-state index in [1.165, 1.54) is 10.8 Å². The molecule has 1 saturated carbocycles. The molecular weight excluding hydrogens is 763 g/mol. The Morgan fingerprint density at radius 1 is 1.04 bits per heavy atom. The van der Waals surface area contributed by atoms with Crippen LogP contribution in [-0.2, 0) is 30.5 Å². The summed E-state index contributed by atoms with van der Waals surface area (Å²) in [6, 6.07) is 12.3. The fourth-order valence-corrected chi connectivity index (χ4v) is 8.30. The Kier molecular flexibility index (Phi) is 10.2. The van der Waals surface area contributed by atoms with E-state index in [0.29, 0.717) is 46.9 Å². The van der Waals surface area contributed by atoms with Gasteiger partial charge in [0.2, 0.25) is 11.7 Å². The number of rotatable bonds is 10. The van der Waals surface area contributed by atoms with Crippen molar-refractivity contribution in [3.63, 3.8) is 0 Å². The van der Waals surface area contributed by atoms with Gasteiger partial charge in [0.1, 0.15) is 25.2 Å². The molecule has 2 aliphatic carbocycles. The molecule has 2 atom stereocenters. The number of nitrogens with zero attached hydrogens (tertiary/aromatic N) is 8. The van der Waals surface area contributed by atoms with Crippen LogP contribution in [0.1, 0.15) is 65.0 Å². The SMILES string of the molecule is CCc1c(N2CCN(C(=O)c3ncnc(C)c3OCc3ccccc3)CC2)c(=O)n2nc(C3=CC4CCC3C4)nc2n1CC(=O)Nc1ccc(C(F)(F)F)cc1Cl. The standard InChI is InChI=1S/C40H39ClF3N9O4/c1-3-31-34(50-13-15-51(16-14-50)37(55)33-35(23(2)45-22-46-33)57-21-24-7-5-4-6-8-24)38(56)53-39(48-36(49-53)28-18-25-9-10-26(28)17-25)52(31)20-32(54)47-30-12-11-27(19-29(30)41)40(42,43)44/h4-8,11-12,18-19,22,25-26H,3,9-10,13-17,20-21H2,1-2H3,(H,47,54). The lowest BCUT2D eigenvalue weighted by atomic mass is 9.98. The Morgan fingerprint density at radius 3 is 2.47 bits per heavy atom. The highest BCUT2D eigenvalue weighted by Gasteiger charge is 2.37. The van der Waals surface area contributed by atoms with E-state index in [9.17, 15) is 27.6 Å². The van der Waals surface area contributed by atoms with Crippen molar-refractivity contribution in [2.24, 2.45) is 11.8 Å². The third kappa shape index (κ3) is 7.45. The molecule has 2 bridgehead atoms. The molecule has 2 fully saturated rings. The molecule has 57 heavy (non-hydrogen) atoms. The number of hydrogen-bond donors (Lipinski definition) is 1. The number of carbonyl (C=O) groups is 2. The van der Waals surface area contributed by atoms with Crippen molar-refractivity contribution in [1.29, 1.82) is 0 Å². The number of fused-ring (bicyclic) bond motifs is 3. The molecule has 3 aliphatic rings. The zero-order valence-electron chi connectivity index (χ0n) is 31.2. The minimum absolute atomic E-state index is 0.00703. The largest absolute Gasteiger partial charge is 0.485 e. The van der Waals surface area contributed by atoms with Crippen LogP contribution in [0.4, 0.5) is 24.5 Å². The summed E-state index contributed by atoms with van der Waals surface area (Å²) in [7, 11) is 0. The van der Waals surface area contributed by atoms with Crippen molar-refractivity contribution in [1.82, 2.24) is 34.0 Å². The van der Waals surface area contributed by atoms with E-state index >= 15 is 0 Å². The molecule has 17 heteroatoms. The summed E-state index contributed by atoms with van der Waals surface area (Å²) >= 11 is 6.18. The number of aromatic nitrogens is 6. The number of allylic oxidation sites excluding steroid dienone is 2. The fourth-order valence-electron chi connectivity index (χ4n) is 8.07. The van der Waals surface area contributed by atoms with Gasteiger partial charge in [-0.25, -0.2) is 9.97 Å². The maximum absolute atomic E-state index is 14.5. The first-order valence-electron chi connectivity index (χ1n) is 18.8. The summed E-state index contributed by atoms with van der Waals surface area (Å²) in [4.78, 5) is 59.0. The fraction of sp³-hybridized carbons (Fsp3) is 0.375. The van der Waals surface area contributed by atoms with Crippen molar-refractivity contribution in [3.8, 4) is 5.75 Å². The van der Waals surface area contributed by atoms with Crippen molar-refractivity contribution in [2.75, 3.05) is 36.4 Å². The van der Waals surface area contributed by atoms with Crippen molar-refractivity contribution in [3.05, 3.63) is 110 Å². The zero-order valence-corrected chi connectivity index (χ0v) is 32.0. The van der Waals surface area contributed by atoms with Crippen molar-refractivity contribution in [2.45, 2.75) is 58.9 Å². The third-order valence-corrected chi connectivity index (χ3v) is 11.2. The quantitative estimate of drug-likeness (QED) is 0.175. The van der Waals surface area contributed by atoms with Gasteiger partial charge in [0.05, 0.1) is 27.7 Å². The van der Waals surface area contributed by atoms with Gasteiger partial charge in [-0.2, -0.15) is 22.7 Å². The van der Waals surface area contributed by atoms with Crippen LogP contribution in [0.2, 0.25) is 5.02 Å². The number of anilines is 2. The molecule has 0 spiro atoms. The summed E-state index contributed by atoms with van der Waals surface area (Å²) in [6.07, 6.45) is 2.34. The number of amides is 2. The summed E-state index contributed by atoms with van der Waals surface area (Å²) in [6.45, 7) is 4.60. The van der Waals surface area contributed by atoms with Gasteiger partial charge in [-0.15, -0.1) is 5.10 Å². The van der Waals surface area contributed by atoms with E-state index in [4.69, 9.17) is 26.4 Å². The minimum atomic E-state index is -4.60. The Labute approximate surface area is 330 Å². The van der Waals surface area contributed by atoms with Gasteiger partial charge in [-0.1, -0.05) is 54.9 Å². The monoisotopic (exact) mass is 801 g/mol. The van der Waals surface area contributed by atoms with E-state index < -0.39 is 23.2 Å². The lowest BCUT2D eigenvalue weighted by molar-refractivity contribution is -0.137. The van der Waals surface area contributed by atoms with Gasteiger partial charge in [0.25, 0.3) is 11.5 Å². The normalized spacial score (nSPS) is 18.0. The Hall–Kier alpha value is -5.77. The minimum Gasteiger partial charge on any atom is -0.485 e. The number of carbonyl (C=O) groups excluding carboxylic acids is 2. The zero-order chi connectivity index (χ0) is 40.0. The van der Waals surface area contributed by atoms with E-state index in [2.05, 4.69) is 21.4 Å². The molecule has 0 radical (unpaired) electrons. The second kappa shape index (κ2) is 15.3. The molecule has 1 aliphatic heterocycles. The Morgan fingerprint density at radius 2 is 1.81 bits per heavy atom. The van der Waals surface area contributed by atoms with Gasteiger partial charge in [0, 0.05) is 26.2 Å². The second-order valence-corrected chi connectivity index (χ2v) is 14.9. The highest BCUT2D eigenvalue weighted by molar-refractivity contribution is 6.33. The number of hydrogen-bond acceptors (Lipinski definition) is 9. The molecule has 1 N–H and O–H groups in total.